The molecule has 0 N–H and O–H groups in total. The highest BCUT2D eigenvalue weighted by Crippen LogP contribution is 2.32. The fourth-order valence-electron chi connectivity index (χ4n) is 3.80. The van der Waals surface area contributed by atoms with Crippen molar-refractivity contribution in [2.75, 3.05) is 24.6 Å². The number of ether oxygens (including phenoxy) is 1. The summed E-state index contributed by atoms with van der Waals surface area (Å²) in [6.07, 6.45) is 9.60. The first-order chi connectivity index (χ1) is 14.0. The highest BCUT2D eigenvalue weighted by molar-refractivity contribution is 6.76. The van der Waals surface area contributed by atoms with Crippen molar-refractivity contribution in [3.63, 3.8) is 0 Å². The Morgan fingerprint density at radius 2 is 1.86 bits per heavy atom. The minimum Gasteiger partial charge on any atom is -0.360 e. The van der Waals surface area contributed by atoms with Crippen molar-refractivity contribution < 1.29 is 4.74 Å². The lowest BCUT2D eigenvalue weighted by Crippen LogP contribution is -2.30. The molecule has 0 spiro atoms. The molecule has 0 aliphatic carbocycles. The number of rotatable bonds is 7. The Kier molecular flexibility index (Phi) is 5.96. The lowest BCUT2D eigenvalue weighted by Gasteiger charge is -2.28. The van der Waals surface area contributed by atoms with E-state index >= 15 is 0 Å². The monoisotopic (exact) mass is 409 g/mol. The van der Waals surface area contributed by atoms with Gasteiger partial charge in [-0.2, -0.15) is 10.2 Å². The topological polar surface area (TPSA) is 56.1 Å². The summed E-state index contributed by atoms with van der Waals surface area (Å²) in [5.41, 5.74) is 2.23. The molecule has 6 nitrogen and oxygen atoms in total. The van der Waals surface area contributed by atoms with Gasteiger partial charge in [-0.25, -0.2) is 4.68 Å². The maximum absolute atomic E-state index is 5.84. The summed E-state index contributed by atoms with van der Waals surface area (Å²) in [5.74, 6) is 1.01. The van der Waals surface area contributed by atoms with Gasteiger partial charge in [0.2, 0.25) is 0 Å². The molecule has 0 amide bonds. The molecule has 1 aliphatic rings. The molecule has 1 aliphatic heterocycles. The van der Waals surface area contributed by atoms with Crippen LogP contribution in [0.2, 0.25) is 25.7 Å². The van der Waals surface area contributed by atoms with Crippen molar-refractivity contribution in [1.29, 1.82) is 0 Å². The number of nitrogens with zero attached hydrogens (tertiary/aromatic N) is 5. The van der Waals surface area contributed by atoms with Crippen LogP contribution in [0.5, 0.6) is 0 Å². The molecule has 29 heavy (non-hydrogen) atoms. The standard InChI is InChI=1S/C22H31N5OSi/c1-29(2,3)13-12-28-17-27-16-18(14-24-27)19-8-7-9-20-21(19)15-23-25-22(20)26-10-5-4-6-11-26/h7-9,14-16H,4-6,10-13,17H2,1-3H3. The van der Waals surface area contributed by atoms with Crippen molar-refractivity contribution >= 4 is 24.7 Å². The summed E-state index contributed by atoms with van der Waals surface area (Å²) < 4.78 is 7.71. The zero-order valence-corrected chi connectivity index (χ0v) is 18.8. The molecular weight excluding hydrogens is 378 g/mol. The van der Waals surface area contributed by atoms with E-state index in [4.69, 9.17) is 4.74 Å². The third kappa shape index (κ3) is 4.84. The van der Waals surface area contributed by atoms with Gasteiger partial charge in [-0.3, -0.25) is 0 Å². The first-order valence-electron chi connectivity index (χ1n) is 10.6. The minimum atomic E-state index is -1.06. The second-order valence-electron chi connectivity index (χ2n) is 9.10. The van der Waals surface area contributed by atoms with Gasteiger partial charge in [0.15, 0.2) is 5.82 Å². The van der Waals surface area contributed by atoms with Crippen LogP contribution in [0.15, 0.2) is 36.8 Å². The first-order valence-corrected chi connectivity index (χ1v) is 14.3. The Hall–Kier alpha value is -2.25. The number of benzene rings is 1. The molecule has 0 saturated carbocycles. The predicted octanol–water partition coefficient (Wildman–Crippen LogP) is 4.80. The summed E-state index contributed by atoms with van der Waals surface area (Å²) in [6, 6.07) is 7.57. The van der Waals surface area contributed by atoms with E-state index in [0.717, 1.165) is 42.0 Å². The number of hydrogen-bond acceptors (Lipinski definition) is 5. The Morgan fingerprint density at radius 3 is 2.66 bits per heavy atom. The smallest absolute Gasteiger partial charge is 0.159 e. The van der Waals surface area contributed by atoms with Gasteiger partial charge in [0.25, 0.3) is 0 Å². The summed E-state index contributed by atoms with van der Waals surface area (Å²) in [6.45, 7) is 10.5. The molecule has 4 rings (SSSR count). The van der Waals surface area contributed by atoms with Gasteiger partial charge in [0.1, 0.15) is 6.73 Å². The SMILES string of the molecule is C[Si](C)(C)CCOCn1cc(-c2cccc3c(N4CCCCC4)nncc23)cn1. The fourth-order valence-corrected chi connectivity index (χ4v) is 4.55. The number of piperidine rings is 1. The highest BCUT2D eigenvalue weighted by Gasteiger charge is 2.17. The van der Waals surface area contributed by atoms with Crippen LogP contribution in [0.4, 0.5) is 5.82 Å². The third-order valence-electron chi connectivity index (χ3n) is 5.51. The quantitative estimate of drug-likeness (QED) is 0.414. The van der Waals surface area contributed by atoms with Gasteiger partial charge in [-0.1, -0.05) is 37.8 Å². The minimum absolute atomic E-state index is 0.494. The molecule has 2 aromatic heterocycles. The van der Waals surface area contributed by atoms with Crippen LogP contribution < -0.4 is 4.90 Å². The molecule has 0 atom stereocenters. The Balaban J connectivity index is 1.54. The van der Waals surface area contributed by atoms with Gasteiger partial charge in [0, 0.05) is 50.3 Å². The van der Waals surface area contributed by atoms with Crippen molar-refractivity contribution in [3.8, 4) is 11.1 Å². The van der Waals surface area contributed by atoms with Crippen molar-refractivity contribution in [1.82, 2.24) is 20.0 Å². The number of hydrogen-bond donors (Lipinski definition) is 0. The van der Waals surface area contributed by atoms with Crippen molar-refractivity contribution in [2.45, 2.75) is 51.7 Å². The van der Waals surface area contributed by atoms with Crippen LogP contribution in [0, 0.1) is 0 Å². The van der Waals surface area contributed by atoms with Gasteiger partial charge in [-0.15, -0.1) is 5.10 Å². The lowest BCUT2D eigenvalue weighted by molar-refractivity contribution is 0.0786. The van der Waals surface area contributed by atoms with Crippen molar-refractivity contribution in [3.05, 3.63) is 36.8 Å². The maximum Gasteiger partial charge on any atom is 0.159 e. The Bertz CT molecular complexity index is 959. The second-order valence-corrected chi connectivity index (χ2v) is 14.7. The average Bonchev–Trinajstić information content (AvgIpc) is 3.19. The van der Waals surface area contributed by atoms with Crippen LogP contribution in [-0.2, 0) is 11.5 Å². The van der Waals surface area contributed by atoms with Crippen LogP contribution in [0.1, 0.15) is 19.3 Å². The van der Waals surface area contributed by atoms with E-state index in [-0.39, 0.29) is 0 Å². The molecule has 0 unspecified atom stereocenters. The van der Waals surface area contributed by atoms with Crippen LogP contribution in [0.3, 0.4) is 0 Å². The van der Waals surface area contributed by atoms with Crippen LogP contribution in [0.25, 0.3) is 21.9 Å². The zero-order chi connectivity index (χ0) is 20.3. The summed E-state index contributed by atoms with van der Waals surface area (Å²) in [7, 11) is -1.06. The van der Waals surface area contributed by atoms with E-state index in [0.29, 0.717) is 6.73 Å². The van der Waals surface area contributed by atoms with Gasteiger partial charge < -0.3 is 9.64 Å². The largest absolute Gasteiger partial charge is 0.360 e. The zero-order valence-electron chi connectivity index (χ0n) is 17.8. The average molecular weight is 410 g/mol. The second kappa shape index (κ2) is 8.63. The molecule has 3 heterocycles. The van der Waals surface area contributed by atoms with Gasteiger partial charge in [-0.05, 0) is 30.9 Å². The number of anilines is 1. The van der Waals surface area contributed by atoms with Crippen LogP contribution in [-0.4, -0.2) is 47.7 Å². The summed E-state index contributed by atoms with van der Waals surface area (Å²) >= 11 is 0. The molecule has 0 bridgehead atoms. The molecule has 3 aromatic rings. The molecule has 0 radical (unpaired) electrons. The summed E-state index contributed by atoms with van der Waals surface area (Å²) in [4.78, 5) is 2.37. The van der Waals surface area contributed by atoms with Gasteiger partial charge in [0.05, 0.1) is 12.4 Å². The van der Waals surface area contributed by atoms with E-state index in [1.165, 1.54) is 30.7 Å². The maximum atomic E-state index is 5.84. The lowest BCUT2D eigenvalue weighted by atomic mass is 10.0. The molecule has 1 fully saturated rings. The number of aromatic nitrogens is 4. The number of fused-ring (bicyclic) bond motifs is 1. The van der Waals surface area contributed by atoms with Crippen LogP contribution >= 0.6 is 0 Å². The molecule has 7 heteroatoms. The molecule has 1 aromatic carbocycles. The highest BCUT2D eigenvalue weighted by atomic mass is 28.3. The van der Waals surface area contributed by atoms with E-state index < -0.39 is 8.07 Å². The first kappa shape index (κ1) is 20.0. The van der Waals surface area contributed by atoms with E-state index in [2.05, 4.69) is 64.2 Å². The third-order valence-corrected chi connectivity index (χ3v) is 7.21. The van der Waals surface area contributed by atoms with E-state index in [1.807, 2.05) is 17.1 Å². The molecule has 1 saturated heterocycles. The molecular formula is C22H31N5OSi. The summed E-state index contributed by atoms with van der Waals surface area (Å²) in [5, 5.41) is 15.6. The fraction of sp³-hybridized carbons (Fsp3) is 0.500. The molecule has 154 valence electrons. The van der Waals surface area contributed by atoms with Gasteiger partial charge >= 0.3 is 0 Å². The Labute approximate surface area is 173 Å². The van der Waals surface area contributed by atoms with Crippen molar-refractivity contribution in [2.24, 2.45) is 0 Å². The van der Waals surface area contributed by atoms with E-state index in [1.54, 1.807) is 0 Å². The Morgan fingerprint density at radius 1 is 1.03 bits per heavy atom. The normalized spacial score (nSPS) is 15.2. The van der Waals surface area contributed by atoms with E-state index in [9.17, 15) is 0 Å². The predicted molar refractivity (Wildman–Crippen MR) is 121 cm³/mol.